The summed E-state index contributed by atoms with van der Waals surface area (Å²) in [4.78, 5) is 8.93. The molecule has 0 aliphatic carbocycles. The predicted octanol–water partition coefficient (Wildman–Crippen LogP) is 9.42. The molecular formula is C31H24Cl2N2. The van der Waals surface area contributed by atoms with Gasteiger partial charge in [0, 0.05) is 12.4 Å². The monoisotopic (exact) mass is 494 g/mol. The molecular weight excluding hydrogens is 471 g/mol. The molecule has 0 fully saturated rings. The van der Waals surface area contributed by atoms with Gasteiger partial charge >= 0.3 is 0 Å². The van der Waals surface area contributed by atoms with E-state index in [1.807, 2.05) is 121 Å². The van der Waals surface area contributed by atoms with Crippen molar-refractivity contribution in [3.05, 3.63) is 142 Å². The van der Waals surface area contributed by atoms with Gasteiger partial charge in [0.25, 0.3) is 0 Å². The molecule has 0 aliphatic heterocycles. The Morgan fingerprint density at radius 1 is 0.543 bits per heavy atom. The molecule has 172 valence electrons. The van der Waals surface area contributed by atoms with Crippen molar-refractivity contribution in [3.63, 3.8) is 0 Å². The van der Waals surface area contributed by atoms with E-state index in [0.29, 0.717) is 10.0 Å². The lowest BCUT2D eigenvalue weighted by Crippen LogP contribution is -1.88. The maximum Gasteiger partial charge on any atom is 0.0816 e. The summed E-state index contributed by atoms with van der Waals surface area (Å²) in [5.74, 6) is 0. The van der Waals surface area contributed by atoms with Crippen LogP contribution in [0, 0.1) is 0 Å². The fraction of sp³-hybridized carbons (Fsp3) is 0.0323. The normalized spacial score (nSPS) is 11.9. The summed E-state index contributed by atoms with van der Waals surface area (Å²) in [7, 11) is 0. The summed E-state index contributed by atoms with van der Waals surface area (Å²) in [6, 6.07) is 32.0. The second kappa shape index (κ2) is 12.7. The summed E-state index contributed by atoms with van der Waals surface area (Å²) in [5, 5.41) is 1.23. The minimum absolute atomic E-state index is 0.615. The van der Waals surface area contributed by atoms with E-state index in [1.54, 1.807) is 12.4 Å². The molecule has 0 heterocycles. The number of rotatable bonds is 8. The number of allylic oxidation sites excluding steroid dienone is 2. The molecule has 0 saturated heterocycles. The van der Waals surface area contributed by atoms with E-state index >= 15 is 0 Å². The Bertz CT molecular complexity index is 1270. The van der Waals surface area contributed by atoms with Crippen molar-refractivity contribution in [1.29, 1.82) is 0 Å². The van der Waals surface area contributed by atoms with E-state index in [9.17, 15) is 0 Å². The Balaban J connectivity index is 1.36. The molecule has 4 aromatic carbocycles. The van der Waals surface area contributed by atoms with Crippen LogP contribution in [0.25, 0.3) is 12.2 Å². The summed E-state index contributed by atoms with van der Waals surface area (Å²) in [5.41, 5.74) is 5.90. The Morgan fingerprint density at radius 3 is 1.37 bits per heavy atom. The van der Waals surface area contributed by atoms with E-state index in [2.05, 4.69) is 9.98 Å². The molecule has 0 radical (unpaired) electrons. The molecule has 0 unspecified atom stereocenters. The van der Waals surface area contributed by atoms with E-state index in [1.165, 1.54) is 0 Å². The van der Waals surface area contributed by atoms with Gasteiger partial charge in [-0.05, 0) is 65.1 Å². The predicted molar refractivity (Wildman–Crippen MR) is 153 cm³/mol. The van der Waals surface area contributed by atoms with Crippen LogP contribution in [0.2, 0.25) is 10.0 Å². The van der Waals surface area contributed by atoms with Crippen LogP contribution < -0.4 is 0 Å². The average molecular weight is 495 g/mol. The third-order valence-electron chi connectivity index (χ3n) is 5.21. The molecule has 2 nitrogen and oxygen atoms in total. The second-order valence-corrected chi connectivity index (χ2v) is 8.66. The molecule has 0 spiro atoms. The van der Waals surface area contributed by atoms with Crippen molar-refractivity contribution in [3.8, 4) is 0 Å². The highest BCUT2D eigenvalue weighted by Gasteiger charge is 2.05. The van der Waals surface area contributed by atoms with E-state index in [-0.39, 0.29) is 0 Å². The maximum atomic E-state index is 6.47. The third kappa shape index (κ3) is 7.65. The molecule has 0 saturated carbocycles. The first-order chi connectivity index (χ1) is 17.2. The number of halogens is 2. The largest absolute Gasteiger partial charge is 0.255 e. The van der Waals surface area contributed by atoms with Gasteiger partial charge < -0.3 is 0 Å². The molecule has 35 heavy (non-hydrogen) atoms. The number of nitrogens with zero attached hydrogens (tertiary/aromatic N) is 2. The molecule has 0 aliphatic rings. The van der Waals surface area contributed by atoms with Crippen molar-refractivity contribution in [1.82, 2.24) is 0 Å². The molecule has 0 aromatic heterocycles. The van der Waals surface area contributed by atoms with Gasteiger partial charge in [-0.25, -0.2) is 0 Å². The summed E-state index contributed by atoms with van der Waals surface area (Å²) >= 11 is 12.9. The van der Waals surface area contributed by atoms with Crippen LogP contribution in [0.4, 0.5) is 11.4 Å². The summed E-state index contributed by atoms with van der Waals surface area (Å²) in [6.07, 6.45) is 12.0. The zero-order chi connectivity index (χ0) is 24.3. The molecule has 0 N–H and O–H groups in total. The van der Waals surface area contributed by atoms with Gasteiger partial charge in [-0.3, -0.25) is 9.98 Å². The first kappa shape index (κ1) is 24.4. The number of benzene rings is 4. The van der Waals surface area contributed by atoms with Crippen LogP contribution in [0.5, 0.6) is 0 Å². The summed E-state index contributed by atoms with van der Waals surface area (Å²) in [6.45, 7) is 0. The van der Waals surface area contributed by atoms with Gasteiger partial charge in [0.05, 0.1) is 21.4 Å². The number of hydrogen-bond acceptors (Lipinski definition) is 2. The van der Waals surface area contributed by atoms with Crippen LogP contribution in [0.15, 0.2) is 119 Å². The Morgan fingerprint density at radius 2 is 0.971 bits per heavy atom. The standard InChI is InChI=1S/C31H24Cl2N2/c32-28-22-26(15-17-30(28)34-19-7-13-24-9-3-1-4-10-24)21-27-16-18-31(29(33)23-27)35-20-8-14-25-11-5-2-6-12-25/h1-20,22-23H,21H2/b13-7+,14-8+,34-19?,35-20?. The molecule has 0 amide bonds. The molecule has 0 bridgehead atoms. The van der Waals surface area contributed by atoms with Crippen LogP contribution in [-0.4, -0.2) is 12.4 Å². The number of aliphatic imine (C=N–C) groups is 2. The minimum atomic E-state index is 0.615. The van der Waals surface area contributed by atoms with E-state index in [4.69, 9.17) is 23.2 Å². The van der Waals surface area contributed by atoms with Crippen molar-refractivity contribution in [2.75, 3.05) is 0 Å². The Kier molecular flexibility index (Phi) is 8.83. The van der Waals surface area contributed by atoms with Gasteiger partial charge in [-0.2, -0.15) is 0 Å². The first-order valence-electron chi connectivity index (χ1n) is 11.3. The highest BCUT2D eigenvalue weighted by molar-refractivity contribution is 6.33. The quantitative estimate of drug-likeness (QED) is 0.218. The second-order valence-electron chi connectivity index (χ2n) is 7.84. The molecule has 4 aromatic rings. The van der Waals surface area contributed by atoms with Crippen molar-refractivity contribution >= 4 is 59.2 Å². The summed E-state index contributed by atoms with van der Waals surface area (Å²) < 4.78 is 0. The lowest BCUT2D eigenvalue weighted by atomic mass is 10.0. The van der Waals surface area contributed by atoms with Crippen LogP contribution in [-0.2, 0) is 6.42 Å². The Hall–Kier alpha value is -3.72. The van der Waals surface area contributed by atoms with Gasteiger partial charge in [0.1, 0.15) is 0 Å². The maximum absolute atomic E-state index is 6.47. The van der Waals surface area contributed by atoms with Crippen molar-refractivity contribution in [2.45, 2.75) is 6.42 Å². The van der Waals surface area contributed by atoms with E-state index in [0.717, 1.165) is 40.0 Å². The highest BCUT2D eigenvalue weighted by Crippen LogP contribution is 2.29. The SMILES string of the molecule is Clc1cc(Cc2ccc(N=C/C=C/c3ccccc3)c(Cl)c2)ccc1N=C/C=C/c1ccccc1. The van der Waals surface area contributed by atoms with Crippen LogP contribution >= 0.6 is 23.2 Å². The smallest absolute Gasteiger partial charge is 0.0816 e. The molecule has 0 atom stereocenters. The molecule has 4 rings (SSSR count). The molecule has 4 heteroatoms. The van der Waals surface area contributed by atoms with E-state index < -0.39 is 0 Å². The zero-order valence-electron chi connectivity index (χ0n) is 19.1. The van der Waals surface area contributed by atoms with Gasteiger partial charge in [0.15, 0.2) is 0 Å². The minimum Gasteiger partial charge on any atom is -0.255 e. The van der Waals surface area contributed by atoms with Crippen LogP contribution in [0.3, 0.4) is 0 Å². The highest BCUT2D eigenvalue weighted by atomic mass is 35.5. The van der Waals surface area contributed by atoms with Crippen molar-refractivity contribution < 1.29 is 0 Å². The first-order valence-corrected chi connectivity index (χ1v) is 12.0. The van der Waals surface area contributed by atoms with Gasteiger partial charge in [0.2, 0.25) is 0 Å². The van der Waals surface area contributed by atoms with Gasteiger partial charge in [-0.1, -0.05) is 108 Å². The number of hydrogen-bond donors (Lipinski definition) is 0. The topological polar surface area (TPSA) is 24.7 Å². The fourth-order valence-corrected chi connectivity index (χ4v) is 3.95. The zero-order valence-corrected chi connectivity index (χ0v) is 20.6. The van der Waals surface area contributed by atoms with Crippen molar-refractivity contribution in [2.24, 2.45) is 9.98 Å². The average Bonchev–Trinajstić information content (AvgIpc) is 2.88. The van der Waals surface area contributed by atoms with Crippen LogP contribution in [0.1, 0.15) is 22.3 Å². The van der Waals surface area contributed by atoms with Gasteiger partial charge in [-0.15, -0.1) is 0 Å². The third-order valence-corrected chi connectivity index (χ3v) is 5.81. The fourth-order valence-electron chi connectivity index (χ4n) is 3.45. The Labute approximate surface area is 216 Å². The lowest BCUT2D eigenvalue weighted by molar-refractivity contribution is 1.19. The lowest BCUT2D eigenvalue weighted by Gasteiger charge is -2.06.